The van der Waals surface area contributed by atoms with Crippen LogP contribution in [0.4, 0.5) is 5.69 Å². The molecule has 0 bridgehead atoms. The number of benzene rings is 1. The van der Waals surface area contributed by atoms with Gasteiger partial charge in [0.15, 0.2) is 0 Å². The number of nitrogen functional groups attached to an aromatic ring is 1. The van der Waals surface area contributed by atoms with E-state index in [0.29, 0.717) is 11.4 Å². The minimum Gasteiger partial charge on any atom is -0.399 e. The van der Waals surface area contributed by atoms with Gasteiger partial charge in [0.1, 0.15) is 0 Å². The molecular weight excluding hydrogens is 394 g/mol. The van der Waals surface area contributed by atoms with Gasteiger partial charge in [-0.25, -0.2) is 0 Å². The monoisotopic (exact) mass is 405 g/mol. The van der Waals surface area contributed by atoms with Crippen molar-refractivity contribution in [1.82, 2.24) is 9.78 Å². The van der Waals surface area contributed by atoms with E-state index in [-0.39, 0.29) is 0 Å². The van der Waals surface area contributed by atoms with Crippen LogP contribution in [0.5, 0.6) is 0 Å². The number of anilines is 1. The number of hydrogen-bond donors (Lipinski definition) is 1. The lowest BCUT2D eigenvalue weighted by Crippen LogP contribution is -2.04. The van der Waals surface area contributed by atoms with Gasteiger partial charge in [-0.1, -0.05) is 0 Å². The van der Waals surface area contributed by atoms with Gasteiger partial charge in [0.2, 0.25) is 0 Å². The molecule has 0 radical (unpaired) electrons. The lowest BCUT2D eigenvalue weighted by molar-refractivity contribution is 0.675. The summed E-state index contributed by atoms with van der Waals surface area (Å²) in [6, 6.07) is 5.30. The molecule has 7 heteroatoms. The van der Waals surface area contributed by atoms with Crippen LogP contribution in [0.2, 0.25) is 0 Å². The average Bonchev–Trinajstić information content (AvgIpc) is 2.56. The molecule has 1 unspecified atom stereocenters. The molecule has 4 nitrogen and oxygen atoms in total. The summed E-state index contributed by atoms with van der Waals surface area (Å²) in [5, 5.41) is 4.30. The maximum absolute atomic E-state index is 12.4. The third-order valence-electron chi connectivity index (χ3n) is 2.73. The average molecular weight is 407 g/mol. The molecule has 2 aromatic rings. The van der Waals surface area contributed by atoms with Crippen LogP contribution >= 0.6 is 31.9 Å². The molecule has 0 saturated carbocycles. The van der Waals surface area contributed by atoms with E-state index in [9.17, 15) is 4.21 Å². The first-order valence-electron chi connectivity index (χ1n) is 5.51. The third-order valence-corrected chi connectivity index (χ3v) is 6.06. The van der Waals surface area contributed by atoms with E-state index in [4.69, 9.17) is 5.73 Å². The van der Waals surface area contributed by atoms with Crippen LogP contribution in [-0.2, 0) is 23.6 Å². The van der Waals surface area contributed by atoms with E-state index in [1.54, 1.807) is 22.9 Å². The minimum absolute atomic E-state index is 0.403. The SMILES string of the molecule is Cc1nn(C)c(CS(=O)c2ccc(N)cc2Br)c1Br. The van der Waals surface area contributed by atoms with Crippen molar-refractivity contribution in [3.05, 3.63) is 38.5 Å². The Kier molecular flexibility index (Phi) is 4.47. The summed E-state index contributed by atoms with van der Waals surface area (Å²) in [6.07, 6.45) is 0. The van der Waals surface area contributed by atoms with E-state index >= 15 is 0 Å². The quantitative estimate of drug-likeness (QED) is 0.796. The Bertz CT molecular complexity index is 655. The summed E-state index contributed by atoms with van der Waals surface area (Å²) in [4.78, 5) is 0.736. The molecule has 1 atom stereocenters. The van der Waals surface area contributed by atoms with Gasteiger partial charge in [-0.05, 0) is 57.0 Å². The maximum atomic E-state index is 12.4. The molecule has 0 spiro atoms. The number of rotatable bonds is 3. The second-order valence-electron chi connectivity index (χ2n) is 4.15. The fourth-order valence-electron chi connectivity index (χ4n) is 1.74. The first kappa shape index (κ1) is 14.7. The maximum Gasteiger partial charge on any atom is 0.0738 e. The van der Waals surface area contributed by atoms with Gasteiger partial charge >= 0.3 is 0 Å². The van der Waals surface area contributed by atoms with Crippen LogP contribution in [0.3, 0.4) is 0 Å². The van der Waals surface area contributed by atoms with Crippen molar-refractivity contribution >= 4 is 48.3 Å². The van der Waals surface area contributed by atoms with Crippen LogP contribution in [0, 0.1) is 6.92 Å². The molecule has 1 aromatic heterocycles. The highest BCUT2D eigenvalue weighted by Gasteiger charge is 2.16. The van der Waals surface area contributed by atoms with E-state index in [2.05, 4.69) is 37.0 Å². The highest BCUT2D eigenvalue weighted by Crippen LogP contribution is 2.27. The highest BCUT2D eigenvalue weighted by atomic mass is 79.9. The van der Waals surface area contributed by atoms with Gasteiger partial charge in [0.25, 0.3) is 0 Å². The smallest absolute Gasteiger partial charge is 0.0738 e. The van der Waals surface area contributed by atoms with Crippen molar-refractivity contribution in [2.75, 3.05) is 5.73 Å². The highest BCUT2D eigenvalue weighted by molar-refractivity contribution is 9.10. The number of aromatic nitrogens is 2. The van der Waals surface area contributed by atoms with Crippen molar-refractivity contribution in [3.63, 3.8) is 0 Å². The lowest BCUT2D eigenvalue weighted by atomic mass is 10.3. The molecule has 1 aromatic carbocycles. The predicted molar refractivity (Wildman–Crippen MR) is 84.3 cm³/mol. The van der Waals surface area contributed by atoms with Gasteiger partial charge < -0.3 is 5.73 Å². The van der Waals surface area contributed by atoms with Crippen LogP contribution in [0.25, 0.3) is 0 Å². The molecule has 0 amide bonds. The minimum atomic E-state index is -1.15. The summed E-state index contributed by atoms with van der Waals surface area (Å²) < 4.78 is 15.9. The summed E-state index contributed by atoms with van der Waals surface area (Å²) in [6.45, 7) is 1.91. The van der Waals surface area contributed by atoms with E-state index in [1.807, 2.05) is 14.0 Å². The summed E-state index contributed by atoms with van der Waals surface area (Å²) >= 11 is 6.88. The molecule has 0 fully saturated rings. The van der Waals surface area contributed by atoms with Crippen LogP contribution in [0.1, 0.15) is 11.4 Å². The number of nitrogens with zero attached hydrogens (tertiary/aromatic N) is 2. The molecule has 2 rings (SSSR count). The molecule has 2 N–H and O–H groups in total. The normalized spacial score (nSPS) is 12.6. The van der Waals surface area contributed by atoms with Gasteiger partial charge in [0.05, 0.1) is 37.3 Å². The zero-order chi connectivity index (χ0) is 14.2. The van der Waals surface area contributed by atoms with E-state index in [0.717, 1.165) is 25.2 Å². The molecule has 1 heterocycles. The summed E-state index contributed by atoms with van der Waals surface area (Å²) in [7, 11) is 0.695. The van der Waals surface area contributed by atoms with Gasteiger partial charge in [0, 0.05) is 17.2 Å². The summed E-state index contributed by atoms with van der Waals surface area (Å²) in [5.41, 5.74) is 8.14. The van der Waals surface area contributed by atoms with Crippen LogP contribution in [-0.4, -0.2) is 14.0 Å². The Labute approximate surface area is 131 Å². The van der Waals surface area contributed by atoms with Crippen molar-refractivity contribution in [3.8, 4) is 0 Å². The molecular formula is C12H13Br2N3OS. The zero-order valence-electron chi connectivity index (χ0n) is 10.5. The second-order valence-corrected chi connectivity index (χ2v) is 7.22. The van der Waals surface area contributed by atoms with Gasteiger partial charge in [-0.3, -0.25) is 8.89 Å². The van der Waals surface area contributed by atoms with Gasteiger partial charge in [-0.2, -0.15) is 5.10 Å². The van der Waals surface area contributed by atoms with Crippen molar-refractivity contribution in [2.45, 2.75) is 17.6 Å². The molecule has 0 saturated heterocycles. The Morgan fingerprint density at radius 3 is 2.63 bits per heavy atom. The Morgan fingerprint density at radius 2 is 2.11 bits per heavy atom. The van der Waals surface area contributed by atoms with Gasteiger partial charge in [-0.15, -0.1) is 0 Å². The van der Waals surface area contributed by atoms with Crippen molar-refractivity contribution in [2.24, 2.45) is 7.05 Å². The van der Waals surface area contributed by atoms with E-state index < -0.39 is 10.8 Å². The molecule has 0 aliphatic heterocycles. The third kappa shape index (κ3) is 3.09. The largest absolute Gasteiger partial charge is 0.399 e. The first-order chi connectivity index (χ1) is 8.90. The van der Waals surface area contributed by atoms with Crippen molar-refractivity contribution in [1.29, 1.82) is 0 Å². The number of aryl methyl sites for hydroxylation is 2. The molecule has 19 heavy (non-hydrogen) atoms. The van der Waals surface area contributed by atoms with Crippen LogP contribution in [0.15, 0.2) is 32.0 Å². The molecule has 0 aliphatic carbocycles. The first-order valence-corrected chi connectivity index (χ1v) is 8.42. The fourth-order valence-corrected chi connectivity index (χ4v) is 4.57. The predicted octanol–water partition coefficient (Wildman–Crippen LogP) is 3.14. The standard InChI is InChI=1S/C12H13Br2N3OS/c1-7-12(14)10(17(2)16-7)6-19(18)11-4-3-8(15)5-9(11)13/h3-5H,6,15H2,1-2H3. The van der Waals surface area contributed by atoms with Crippen LogP contribution < -0.4 is 5.73 Å². The molecule has 0 aliphatic rings. The fraction of sp³-hybridized carbons (Fsp3) is 0.250. The number of halogens is 2. The Hall–Kier alpha value is -0.660. The Balaban J connectivity index is 2.31. The Morgan fingerprint density at radius 1 is 1.42 bits per heavy atom. The van der Waals surface area contributed by atoms with E-state index in [1.165, 1.54) is 0 Å². The topological polar surface area (TPSA) is 60.9 Å². The zero-order valence-corrected chi connectivity index (χ0v) is 14.5. The summed E-state index contributed by atoms with van der Waals surface area (Å²) in [5.74, 6) is 0.403. The van der Waals surface area contributed by atoms with Crippen molar-refractivity contribution < 1.29 is 4.21 Å². The number of hydrogen-bond acceptors (Lipinski definition) is 3. The molecule has 102 valence electrons. The number of nitrogens with two attached hydrogens (primary N) is 1. The lowest BCUT2D eigenvalue weighted by Gasteiger charge is -2.07. The second kappa shape index (κ2) is 5.76.